The Balaban J connectivity index is 2.69. The van der Waals surface area contributed by atoms with E-state index in [9.17, 15) is 14.4 Å². The average Bonchev–Trinajstić information content (AvgIpc) is 2.46. The highest BCUT2D eigenvalue weighted by atomic mass is 16.6. The fraction of sp³-hybridized carbons (Fsp3) is 0.429. The van der Waals surface area contributed by atoms with E-state index in [1.54, 1.807) is 38.2 Å². The molecule has 1 amide bonds. The van der Waals surface area contributed by atoms with Crippen molar-refractivity contribution in [2.45, 2.75) is 26.3 Å². The number of hydrogen-bond donors (Lipinski definition) is 1. The number of aromatic nitrogens is 1. The Kier molecular flexibility index (Phi) is 6.86. The third-order valence-corrected chi connectivity index (χ3v) is 2.42. The highest BCUT2D eigenvalue weighted by molar-refractivity contribution is 6.02. The van der Waals surface area contributed by atoms with Crippen LogP contribution in [-0.2, 0) is 30.3 Å². The summed E-state index contributed by atoms with van der Waals surface area (Å²) in [4.78, 5) is 39.3. The van der Waals surface area contributed by atoms with Crippen molar-refractivity contribution in [2.75, 3.05) is 13.2 Å². The summed E-state index contributed by atoms with van der Waals surface area (Å²) in [7, 11) is 0. The van der Waals surface area contributed by atoms with Gasteiger partial charge in [0.05, 0.1) is 19.6 Å². The lowest BCUT2D eigenvalue weighted by atomic mass is 10.2. The molecule has 1 N–H and O–H groups in total. The first-order valence-corrected chi connectivity index (χ1v) is 6.61. The molecule has 1 heterocycles. The van der Waals surface area contributed by atoms with Gasteiger partial charge in [0.1, 0.15) is 0 Å². The number of carbonyl (C=O) groups is 3. The van der Waals surface area contributed by atoms with Gasteiger partial charge in [-0.2, -0.15) is 0 Å². The van der Waals surface area contributed by atoms with E-state index in [4.69, 9.17) is 9.47 Å². The molecule has 21 heavy (non-hydrogen) atoms. The summed E-state index contributed by atoms with van der Waals surface area (Å²) < 4.78 is 9.50. The van der Waals surface area contributed by atoms with Gasteiger partial charge in [-0.25, -0.2) is 9.59 Å². The molecule has 0 bridgehead atoms. The Hall–Kier alpha value is -2.44. The van der Waals surface area contributed by atoms with Crippen LogP contribution in [0.3, 0.4) is 0 Å². The van der Waals surface area contributed by atoms with Crippen LogP contribution in [0.4, 0.5) is 0 Å². The van der Waals surface area contributed by atoms with Gasteiger partial charge in [-0.15, -0.1) is 0 Å². The highest BCUT2D eigenvalue weighted by Gasteiger charge is 2.31. The van der Waals surface area contributed by atoms with Crippen LogP contribution >= 0.6 is 0 Å². The maximum Gasteiger partial charge on any atom is 0.340 e. The van der Waals surface area contributed by atoms with Gasteiger partial charge in [0, 0.05) is 11.9 Å². The molecule has 0 saturated heterocycles. The minimum absolute atomic E-state index is 0.0455. The van der Waals surface area contributed by atoms with Crippen molar-refractivity contribution < 1.29 is 23.9 Å². The van der Waals surface area contributed by atoms with Gasteiger partial charge in [-0.05, 0) is 26.0 Å². The molecule has 1 rings (SSSR count). The molecule has 0 saturated carbocycles. The number of nitrogens with one attached hydrogen (secondary N) is 1. The van der Waals surface area contributed by atoms with Crippen molar-refractivity contribution in [1.82, 2.24) is 10.3 Å². The van der Waals surface area contributed by atoms with E-state index in [0.29, 0.717) is 5.69 Å². The van der Waals surface area contributed by atoms with Gasteiger partial charge < -0.3 is 14.8 Å². The number of ether oxygens (including phenoxy) is 2. The summed E-state index contributed by atoms with van der Waals surface area (Å²) in [6.07, 6.45) is 1.51. The lowest BCUT2D eigenvalue weighted by Crippen LogP contribution is -2.48. The Bertz CT molecular complexity index is 471. The Morgan fingerprint density at radius 3 is 2.24 bits per heavy atom. The summed E-state index contributed by atoms with van der Waals surface area (Å²) in [5.41, 5.74) is 0.529. The SMILES string of the molecule is CCOC(=O)C(NC(=O)Cc1ccccn1)C(=O)OCC. The minimum atomic E-state index is -1.46. The zero-order valence-corrected chi connectivity index (χ0v) is 12.0. The molecule has 7 heteroatoms. The molecule has 0 radical (unpaired) electrons. The van der Waals surface area contributed by atoms with Crippen molar-refractivity contribution in [3.8, 4) is 0 Å². The predicted octanol–water partition coefficient (Wildman–Crippen LogP) is 0.235. The Labute approximate surface area is 122 Å². The first-order valence-electron chi connectivity index (χ1n) is 6.61. The molecule has 114 valence electrons. The first kappa shape index (κ1) is 16.6. The molecule has 1 aromatic heterocycles. The van der Waals surface area contributed by atoms with E-state index in [-0.39, 0.29) is 19.6 Å². The summed E-state index contributed by atoms with van der Waals surface area (Å²) in [6.45, 7) is 3.42. The van der Waals surface area contributed by atoms with E-state index in [1.165, 1.54) is 0 Å². The molecular weight excluding hydrogens is 276 g/mol. The number of hydrogen-bond acceptors (Lipinski definition) is 6. The lowest BCUT2D eigenvalue weighted by Gasteiger charge is -2.15. The minimum Gasteiger partial charge on any atom is -0.464 e. The van der Waals surface area contributed by atoms with Crippen molar-refractivity contribution in [1.29, 1.82) is 0 Å². The molecule has 0 aromatic carbocycles. The number of rotatable bonds is 7. The lowest BCUT2D eigenvalue weighted by molar-refractivity contribution is -0.159. The Morgan fingerprint density at radius 1 is 1.14 bits per heavy atom. The van der Waals surface area contributed by atoms with Gasteiger partial charge in [0.15, 0.2) is 0 Å². The molecule has 0 atom stereocenters. The second-order valence-electron chi connectivity index (χ2n) is 4.00. The smallest absolute Gasteiger partial charge is 0.340 e. The third kappa shape index (κ3) is 5.60. The normalized spacial score (nSPS) is 10.0. The van der Waals surface area contributed by atoms with E-state index < -0.39 is 23.9 Å². The quantitative estimate of drug-likeness (QED) is 0.571. The van der Waals surface area contributed by atoms with Crippen LogP contribution in [0.15, 0.2) is 24.4 Å². The number of carbonyl (C=O) groups excluding carboxylic acids is 3. The molecular formula is C14H18N2O5. The van der Waals surface area contributed by atoms with Crippen LogP contribution < -0.4 is 5.32 Å². The number of pyridine rings is 1. The monoisotopic (exact) mass is 294 g/mol. The van der Waals surface area contributed by atoms with Crippen LogP contribution in [0.1, 0.15) is 19.5 Å². The second kappa shape index (κ2) is 8.68. The zero-order valence-electron chi connectivity index (χ0n) is 12.0. The highest BCUT2D eigenvalue weighted by Crippen LogP contribution is 1.98. The first-order chi connectivity index (χ1) is 10.1. The molecule has 0 fully saturated rings. The zero-order chi connectivity index (χ0) is 15.7. The van der Waals surface area contributed by atoms with Crippen molar-refractivity contribution >= 4 is 17.8 Å². The fourth-order valence-electron chi connectivity index (χ4n) is 1.54. The van der Waals surface area contributed by atoms with E-state index in [0.717, 1.165) is 0 Å². The van der Waals surface area contributed by atoms with Crippen molar-refractivity contribution in [2.24, 2.45) is 0 Å². The third-order valence-electron chi connectivity index (χ3n) is 2.42. The van der Waals surface area contributed by atoms with Gasteiger partial charge >= 0.3 is 11.9 Å². The molecule has 0 spiro atoms. The van der Waals surface area contributed by atoms with Crippen LogP contribution in [0.5, 0.6) is 0 Å². The molecule has 7 nitrogen and oxygen atoms in total. The standard InChI is InChI=1S/C14H18N2O5/c1-3-20-13(18)12(14(19)21-4-2)16-11(17)9-10-7-5-6-8-15-10/h5-8,12H,3-4,9H2,1-2H3,(H,16,17). The fourth-order valence-corrected chi connectivity index (χ4v) is 1.54. The molecule has 0 aliphatic rings. The van der Waals surface area contributed by atoms with Crippen LogP contribution in [0.2, 0.25) is 0 Å². The predicted molar refractivity (Wildman–Crippen MR) is 73.1 cm³/mol. The molecule has 0 aliphatic heterocycles. The molecule has 0 unspecified atom stereocenters. The average molecular weight is 294 g/mol. The molecule has 1 aromatic rings. The van der Waals surface area contributed by atoms with Crippen LogP contribution in [0.25, 0.3) is 0 Å². The summed E-state index contributed by atoms with van der Waals surface area (Å²) in [5.74, 6) is -2.20. The largest absolute Gasteiger partial charge is 0.464 e. The van der Waals surface area contributed by atoms with Crippen LogP contribution in [0, 0.1) is 0 Å². The number of amides is 1. The van der Waals surface area contributed by atoms with Gasteiger partial charge in [0.25, 0.3) is 0 Å². The molecule has 0 aliphatic carbocycles. The van der Waals surface area contributed by atoms with E-state index in [2.05, 4.69) is 10.3 Å². The second-order valence-corrected chi connectivity index (χ2v) is 4.00. The van der Waals surface area contributed by atoms with E-state index >= 15 is 0 Å². The van der Waals surface area contributed by atoms with Gasteiger partial charge in [0.2, 0.25) is 11.9 Å². The van der Waals surface area contributed by atoms with Gasteiger partial charge in [-0.1, -0.05) is 6.07 Å². The van der Waals surface area contributed by atoms with E-state index in [1.807, 2.05) is 0 Å². The van der Waals surface area contributed by atoms with Crippen LogP contribution in [-0.4, -0.2) is 42.1 Å². The maximum absolute atomic E-state index is 11.9. The topological polar surface area (TPSA) is 94.6 Å². The van der Waals surface area contributed by atoms with Crippen molar-refractivity contribution in [3.05, 3.63) is 30.1 Å². The van der Waals surface area contributed by atoms with Gasteiger partial charge in [-0.3, -0.25) is 9.78 Å². The summed E-state index contributed by atoms with van der Waals surface area (Å²) >= 11 is 0. The maximum atomic E-state index is 11.9. The van der Waals surface area contributed by atoms with Crippen molar-refractivity contribution in [3.63, 3.8) is 0 Å². The number of nitrogens with zero attached hydrogens (tertiary/aromatic N) is 1. The summed E-state index contributed by atoms with van der Waals surface area (Å²) in [6, 6.07) is 3.68. The number of esters is 2. The summed E-state index contributed by atoms with van der Waals surface area (Å²) in [5, 5.41) is 2.31. The Morgan fingerprint density at radius 2 is 1.76 bits per heavy atom.